The summed E-state index contributed by atoms with van der Waals surface area (Å²) in [7, 11) is 0. The predicted molar refractivity (Wildman–Crippen MR) is 105 cm³/mol. The Morgan fingerprint density at radius 1 is 1.23 bits per heavy atom. The monoisotopic (exact) mass is 423 g/mol. The first-order valence-corrected chi connectivity index (χ1v) is 10.1. The number of fused-ring (bicyclic) bond motifs is 1. The van der Waals surface area contributed by atoms with E-state index in [4.69, 9.17) is 10.00 Å². The van der Waals surface area contributed by atoms with Crippen molar-refractivity contribution in [2.45, 2.75) is 31.7 Å². The van der Waals surface area contributed by atoms with Gasteiger partial charge in [-0.2, -0.15) is 15.3 Å². The second-order valence-corrected chi connectivity index (χ2v) is 8.56. The zero-order valence-corrected chi connectivity index (χ0v) is 16.5. The fourth-order valence-corrected chi connectivity index (χ4v) is 5.14. The highest BCUT2D eigenvalue weighted by atomic mass is 19.1. The van der Waals surface area contributed by atoms with Gasteiger partial charge in [-0.1, -0.05) is 0 Å². The molecule has 9 heteroatoms. The van der Waals surface area contributed by atoms with E-state index in [9.17, 15) is 13.6 Å². The minimum Gasteiger partial charge on any atom is -0.476 e. The zero-order valence-electron chi connectivity index (χ0n) is 16.5. The van der Waals surface area contributed by atoms with Crippen molar-refractivity contribution in [3.63, 3.8) is 0 Å². The first-order valence-electron chi connectivity index (χ1n) is 10.1. The highest BCUT2D eigenvalue weighted by molar-refractivity contribution is 5.83. The molecule has 4 aliphatic rings. The summed E-state index contributed by atoms with van der Waals surface area (Å²) < 4.78 is 33.1. The van der Waals surface area contributed by atoms with Crippen LogP contribution < -0.4 is 4.74 Å². The van der Waals surface area contributed by atoms with Gasteiger partial charge in [0.15, 0.2) is 5.69 Å². The Morgan fingerprint density at radius 2 is 2.00 bits per heavy atom. The summed E-state index contributed by atoms with van der Waals surface area (Å²) in [6.07, 6.45) is 7.27. The molecule has 158 valence electrons. The van der Waals surface area contributed by atoms with Crippen LogP contribution in [-0.2, 0) is 4.79 Å². The molecule has 1 amide bonds. The van der Waals surface area contributed by atoms with Gasteiger partial charge < -0.3 is 4.74 Å². The lowest BCUT2D eigenvalue weighted by atomic mass is 9.70. The van der Waals surface area contributed by atoms with Crippen LogP contribution in [-0.4, -0.2) is 33.7 Å². The van der Waals surface area contributed by atoms with E-state index in [0.29, 0.717) is 30.9 Å². The molecular formula is C22H19F2N5O2. The summed E-state index contributed by atoms with van der Waals surface area (Å²) in [4.78, 5) is 21.3. The van der Waals surface area contributed by atoms with Gasteiger partial charge >= 0.3 is 0 Å². The molecule has 0 saturated heterocycles. The van der Waals surface area contributed by atoms with Gasteiger partial charge in [0.25, 0.3) is 0 Å². The van der Waals surface area contributed by atoms with Crippen molar-refractivity contribution < 1.29 is 18.3 Å². The van der Waals surface area contributed by atoms with Crippen LogP contribution in [0.1, 0.15) is 43.0 Å². The molecule has 2 aromatic rings. The van der Waals surface area contributed by atoms with E-state index in [1.807, 2.05) is 6.07 Å². The minimum atomic E-state index is -0.669. The number of carbonyl (C=O) groups is 1. The van der Waals surface area contributed by atoms with E-state index in [1.54, 1.807) is 6.21 Å². The fraction of sp³-hybridized carbons (Fsp3) is 0.409. The van der Waals surface area contributed by atoms with Gasteiger partial charge in [0, 0.05) is 30.0 Å². The lowest BCUT2D eigenvalue weighted by molar-refractivity contribution is -0.138. The Hall–Kier alpha value is -3.41. The van der Waals surface area contributed by atoms with Gasteiger partial charge in [0.1, 0.15) is 17.7 Å². The summed E-state index contributed by atoms with van der Waals surface area (Å²) in [5, 5.41) is 14.5. The van der Waals surface area contributed by atoms with Crippen LogP contribution >= 0.6 is 0 Å². The smallest absolute Gasteiger partial charge is 0.246 e. The average molecular weight is 423 g/mol. The van der Waals surface area contributed by atoms with Crippen molar-refractivity contribution in [1.29, 1.82) is 5.26 Å². The minimum absolute atomic E-state index is 0.112. The number of hydrazone groups is 1. The zero-order chi connectivity index (χ0) is 21.6. The fourth-order valence-electron chi connectivity index (χ4n) is 5.14. The molecule has 0 radical (unpaired) electrons. The first kappa shape index (κ1) is 19.5. The lowest BCUT2D eigenvalue weighted by Crippen LogP contribution is -2.36. The molecule has 3 aliphatic carbocycles. The highest BCUT2D eigenvalue weighted by Crippen LogP contribution is 2.62. The molecule has 3 fully saturated rings. The maximum absolute atomic E-state index is 13.7. The van der Waals surface area contributed by atoms with Crippen molar-refractivity contribution >= 4 is 12.1 Å². The number of rotatable bonds is 5. The molecule has 1 aromatic carbocycles. The van der Waals surface area contributed by atoms with Crippen molar-refractivity contribution in [2.24, 2.45) is 22.4 Å². The van der Waals surface area contributed by atoms with Crippen molar-refractivity contribution in [3.05, 3.63) is 53.5 Å². The number of nitriles is 1. The number of hydrogen-bond donors (Lipinski definition) is 0. The Labute approximate surface area is 177 Å². The van der Waals surface area contributed by atoms with E-state index in [1.165, 1.54) is 29.5 Å². The third-order valence-corrected chi connectivity index (χ3v) is 6.51. The summed E-state index contributed by atoms with van der Waals surface area (Å²) in [5.74, 6) is -1.11. The summed E-state index contributed by atoms with van der Waals surface area (Å²) in [6, 6.07) is 4.76. The standard InChI is InChI=1S/C22H19F2N5O2/c23-15-3-13(4-16(24)5-15)19-1-2-27-29(19)21(30)18-8-22(6-14(18)7-22)12-31-20-11-26-10-17(9-25)28-20/h2-5,10-11,14,18-19H,1,6-8,12H2/t14?,18-,19?,22?/m0/s1. The van der Waals surface area contributed by atoms with E-state index in [2.05, 4.69) is 15.1 Å². The van der Waals surface area contributed by atoms with Gasteiger partial charge in [-0.25, -0.2) is 13.8 Å². The van der Waals surface area contributed by atoms with E-state index in [-0.39, 0.29) is 28.9 Å². The first-order chi connectivity index (χ1) is 15.0. The molecule has 0 N–H and O–H groups in total. The number of nitrogens with zero attached hydrogens (tertiary/aromatic N) is 5. The van der Waals surface area contributed by atoms with Crippen molar-refractivity contribution in [1.82, 2.24) is 15.0 Å². The van der Waals surface area contributed by atoms with Gasteiger partial charge in [0.2, 0.25) is 11.8 Å². The summed E-state index contributed by atoms with van der Waals surface area (Å²) >= 11 is 0. The quantitative estimate of drug-likeness (QED) is 0.735. The maximum Gasteiger partial charge on any atom is 0.246 e. The molecule has 0 spiro atoms. The Bertz CT molecular complexity index is 1090. The van der Waals surface area contributed by atoms with Crippen LogP contribution in [0.3, 0.4) is 0 Å². The van der Waals surface area contributed by atoms with Crippen LogP contribution in [0.5, 0.6) is 5.88 Å². The topological polar surface area (TPSA) is 91.5 Å². The number of ether oxygens (including phenoxy) is 1. The predicted octanol–water partition coefficient (Wildman–Crippen LogP) is 3.38. The second-order valence-electron chi connectivity index (χ2n) is 8.56. The van der Waals surface area contributed by atoms with E-state index < -0.39 is 17.7 Å². The normalized spacial score (nSPS) is 28.3. The van der Waals surface area contributed by atoms with Gasteiger partial charge in [-0.05, 0) is 42.9 Å². The second kappa shape index (κ2) is 7.38. The Balaban J connectivity index is 1.26. The van der Waals surface area contributed by atoms with Crippen LogP contribution in [0.2, 0.25) is 0 Å². The third kappa shape index (κ3) is 3.52. The lowest BCUT2D eigenvalue weighted by Gasteiger charge is -2.38. The molecule has 1 unspecified atom stereocenters. The van der Waals surface area contributed by atoms with E-state index in [0.717, 1.165) is 18.9 Å². The molecule has 31 heavy (non-hydrogen) atoms. The molecule has 1 aromatic heterocycles. The molecule has 2 heterocycles. The molecule has 2 bridgehead atoms. The number of aromatic nitrogens is 2. The number of benzene rings is 1. The van der Waals surface area contributed by atoms with E-state index >= 15 is 0 Å². The highest BCUT2D eigenvalue weighted by Gasteiger charge is 2.59. The van der Waals surface area contributed by atoms with Crippen molar-refractivity contribution in [2.75, 3.05) is 6.61 Å². The third-order valence-electron chi connectivity index (χ3n) is 6.51. The molecule has 1 aliphatic heterocycles. The van der Waals surface area contributed by atoms with Gasteiger partial charge in [-0.15, -0.1) is 0 Å². The molecule has 6 rings (SSSR count). The van der Waals surface area contributed by atoms with Crippen LogP contribution in [0.4, 0.5) is 8.78 Å². The largest absolute Gasteiger partial charge is 0.476 e. The SMILES string of the molecule is N#Cc1cncc(OCC23CC(C2)[C@@H](C(=O)N2N=CCC2c2cc(F)cc(F)c2)C3)n1. The Morgan fingerprint density at radius 3 is 2.74 bits per heavy atom. The average Bonchev–Trinajstić information content (AvgIpc) is 3.44. The van der Waals surface area contributed by atoms with Crippen molar-refractivity contribution in [3.8, 4) is 11.9 Å². The number of carbonyl (C=O) groups excluding carboxylic acids is 1. The maximum atomic E-state index is 13.7. The number of hydrogen-bond acceptors (Lipinski definition) is 6. The molecule has 2 atom stereocenters. The molecular weight excluding hydrogens is 404 g/mol. The van der Waals surface area contributed by atoms with Crippen LogP contribution in [0.15, 0.2) is 35.7 Å². The van der Waals surface area contributed by atoms with Crippen LogP contribution in [0.25, 0.3) is 0 Å². The number of amides is 1. The summed E-state index contributed by atoms with van der Waals surface area (Å²) in [6.45, 7) is 0.401. The molecule has 3 saturated carbocycles. The van der Waals surface area contributed by atoms with Crippen LogP contribution in [0, 0.1) is 40.2 Å². The van der Waals surface area contributed by atoms with Gasteiger partial charge in [0.05, 0.1) is 25.0 Å². The Kier molecular flexibility index (Phi) is 4.65. The summed E-state index contributed by atoms with van der Waals surface area (Å²) in [5.41, 5.74) is 0.481. The van der Waals surface area contributed by atoms with Gasteiger partial charge in [-0.3, -0.25) is 9.78 Å². The number of halogens is 2. The molecule has 7 nitrogen and oxygen atoms in total.